The van der Waals surface area contributed by atoms with Gasteiger partial charge in [0.05, 0.1) is 4.90 Å². The second kappa shape index (κ2) is 7.63. The van der Waals surface area contributed by atoms with Crippen LogP contribution in [0.3, 0.4) is 0 Å². The smallest absolute Gasteiger partial charge is 0.407 e. The summed E-state index contributed by atoms with van der Waals surface area (Å²) in [6.45, 7) is 9.10. The molecular formula is C17H28N2O4S2. The lowest BCUT2D eigenvalue weighted by molar-refractivity contribution is 0.0483. The van der Waals surface area contributed by atoms with Crippen LogP contribution in [0, 0.1) is 13.8 Å². The van der Waals surface area contributed by atoms with Crippen molar-refractivity contribution in [2.45, 2.75) is 82.9 Å². The Morgan fingerprint density at radius 2 is 1.80 bits per heavy atom. The van der Waals surface area contributed by atoms with Gasteiger partial charge < -0.3 is 10.1 Å². The van der Waals surface area contributed by atoms with Gasteiger partial charge in [0.15, 0.2) is 0 Å². The molecule has 8 heteroatoms. The zero-order chi connectivity index (χ0) is 18.8. The topological polar surface area (TPSA) is 84.5 Å². The van der Waals surface area contributed by atoms with Gasteiger partial charge in [0.2, 0.25) is 10.0 Å². The molecule has 0 aromatic carbocycles. The maximum absolute atomic E-state index is 12.7. The first kappa shape index (κ1) is 20.2. The monoisotopic (exact) mass is 388 g/mol. The van der Waals surface area contributed by atoms with Crippen LogP contribution in [0.25, 0.3) is 0 Å². The van der Waals surface area contributed by atoms with Crippen LogP contribution in [0.2, 0.25) is 0 Å². The summed E-state index contributed by atoms with van der Waals surface area (Å²) >= 11 is 1.47. The van der Waals surface area contributed by atoms with Crippen LogP contribution in [-0.2, 0) is 14.8 Å². The number of amides is 1. The third-order valence-electron chi connectivity index (χ3n) is 4.06. The quantitative estimate of drug-likeness (QED) is 0.827. The molecule has 1 aromatic heterocycles. The molecule has 1 aromatic rings. The summed E-state index contributed by atoms with van der Waals surface area (Å²) < 4.78 is 33.6. The van der Waals surface area contributed by atoms with Gasteiger partial charge in [-0.05, 0) is 53.5 Å². The number of ether oxygens (including phenoxy) is 1. The van der Waals surface area contributed by atoms with E-state index in [-0.39, 0.29) is 12.1 Å². The van der Waals surface area contributed by atoms with E-state index in [9.17, 15) is 13.2 Å². The minimum absolute atomic E-state index is 0.265. The van der Waals surface area contributed by atoms with Crippen molar-refractivity contribution in [2.75, 3.05) is 0 Å². The van der Waals surface area contributed by atoms with Gasteiger partial charge in [0, 0.05) is 21.8 Å². The lowest BCUT2D eigenvalue weighted by Crippen LogP contribution is -2.53. The van der Waals surface area contributed by atoms with Crippen LogP contribution in [0.15, 0.2) is 11.0 Å². The van der Waals surface area contributed by atoms with Crippen LogP contribution in [-0.4, -0.2) is 32.2 Å². The maximum Gasteiger partial charge on any atom is 0.407 e. The largest absolute Gasteiger partial charge is 0.444 e. The van der Waals surface area contributed by atoms with Crippen LogP contribution in [0.4, 0.5) is 4.79 Å². The fraction of sp³-hybridized carbons (Fsp3) is 0.706. The molecule has 1 aliphatic carbocycles. The number of carbonyl (C=O) groups is 1. The Bertz CT molecular complexity index is 719. The Hall–Kier alpha value is -1.12. The molecule has 0 radical (unpaired) electrons. The van der Waals surface area contributed by atoms with Crippen molar-refractivity contribution in [1.29, 1.82) is 0 Å². The average Bonchev–Trinajstić information content (AvgIpc) is 2.78. The van der Waals surface area contributed by atoms with Crippen LogP contribution in [0.1, 0.15) is 56.2 Å². The highest BCUT2D eigenvalue weighted by Crippen LogP contribution is 2.27. The molecule has 142 valence electrons. The van der Waals surface area contributed by atoms with Crippen molar-refractivity contribution in [3.05, 3.63) is 15.8 Å². The number of nitrogens with one attached hydrogen (secondary N) is 2. The molecule has 0 spiro atoms. The summed E-state index contributed by atoms with van der Waals surface area (Å²) in [5.41, 5.74) is -0.584. The summed E-state index contributed by atoms with van der Waals surface area (Å²) in [5, 5.41) is 2.83. The highest BCUT2D eigenvalue weighted by Gasteiger charge is 2.32. The lowest BCUT2D eigenvalue weighted by Gasteiger charge is -2.33. The Labute approximate surface area is 154 Å². The van der Waals surface area contributed by atoms with Gasteiger partial charge >= 0.3 is 6.09 Å². The first-order chi connectivity index (χ1) is 11.5. The zero-order valence-electron chi connectivity index (χ0n) is 15.5. The molecule has 2 rings (SSSR count). The van der Waals surface area contributed by atoms with Crippen molar-refractivity contribution in [3.8, 4) is 0 Å². The van der Waals surface area contributed by atoms with Gasteiger partial charge in [-0.1, -0.05) is 12.8 Å². The summed E-state index contributed by atoms with van der Waals surface area (Å²) in [7, 11) is -3.61. The van der Waals surface area contributed by atoms with Gasteiger partial charge in [-0.2, -0.15) is 0 Å². The van der Waals surface area contributed by atoms with E-state index < -0.39 is 21.7 Å². The fourth-order valence-corrected chi connectivity index (χ4v) is 5.91. The minimum Gasteiger partial charge on any atom is -0.444 e. The SMILES string of the molecule is Cc1cc(S(=O)(=O)N[C@@H]2CCCC[C@@H]2NC(=O)OC(C)(C)C)c(C)s1. The Morgan fingerprint density at radius 3 is 2.32 bits per heavy atom. The number of alkyl carbamates (subject to hydrolysis) is 1. The third kappa shape index (κ3) is 5.69. The van der Waals surface area contributed by atoms with Crippen LogP contribution >= 0.6 is 11.3 Å². The molecule has 1 saturated carbocycles. The van der Waals surface area contributed by atoms with Gasteiger partial charge in [0.1, 0.15) is 5.60 Å². The molecule has 0 unspecified atom stereocenters. The molecule has 1 aliphatic rings. The predicted molar refractivity (Wildman–Crippen MR) is 99.5 cm³/mol. The van der Waals surface area contributed by atoms with Crippen LogP contribution < -0.4 is 10.0 Å². The molecule has 0 aliphatic heterocycles. The molecule has 2 N–H and O–H groups in total. The number of aryl methyl sites for hydroxylation is 2. The summed E-state index contributed by atoms with van der Waals surface area (Å²) in [6.07, 6.45) is 2.80. The molecular weight excluding hydrogens is 360 g/mol. The first-order valence-corrected chi connectivity index (χ1v) is 10.9. The van der Waals surface area contributed by atoms with Crippen molar-refractivity contribution in [2.24, 2.45) is 0 Å². The van der Waals surface area contributed by atoms with Gasteiger partial charge in [-0.3, -0.25) is 0 Å². The molecule has 25 heavy (non-hydrogen) atoms. The number of sulfonamides is 1. The molecule has 2 atom stereocenters. The minimum atomic E-state index is -3.61. The maximum atomic E-state index is 12.7. The second-order valence-corrected chi connectivity index (χ2v) is 10.7. The van der Waals surface area contributed by atoms with E-state index in [0.717, 1.165) is 29.0 Å². The number of hydrogen-bond donors (Lipinski definition) is 2. The number of rotatable bonds is 4. The molecule has 0 saturated heterocycles. The van der Waals surface area contributed by atoms with Crippen molar-refractivity contribution in [3.63, 3.8) is 0 Å². The van der Waals surface area contributed by atoms with Crippen molar-refractivity contribution in [1.82, 2.24) is 10.0 Å². The summed E-state index contributed by atoms with van der Waals surface area (Å²) in [4.78, 5) is 14.1. The highest BCUT2D eigenvalue weighted by molar-refractivity contribution is 7.89. The molecule has 0 bridgehead atoms. The zero-order valence-corrected chi connectivity index (χ0v) is 17.1. The third-order valence-corrected chi connectivity index (χ3v) is 6.77. The number of hydrogen-bond acceptors (Lipinski definition) is 5. The van der Waals surface area contributed by atoms with E-state index in [4.69, 9.17) is 4.74 Å². The summed E-state index contributed by atoms with van der Waals surface area (Å²) in [5.74, 6) is 0. The van der Waals surface area contributed by atoms with E-state index in [1.807, 2.05) is 13.8 Å². The van der Waals surface area contributed by atoms with Crippen LogP contribution in [0.5, 0.6) is 0 Å². The molecule has 1 fully saturated rings. The first-order valence-electron chi connectivity index (χ1n) is 8.57. The van der Waals surface area contributed by atoms with E-state index >= 15 is 0 Å². The Kier molecular flexibility index (Phi) is 6.17. The van der Waals surface area contributed by atoms with Gasteiger partial charge in [0.25, 0.3) is 0 Å². The van der Waals surface area contributed by atoms with Gasteiger partial charge in [-0.25, -0.2) is 17.9 Å². The number of carbonyl (C=O) groups excluding carboxylic acids is 1. The van der Waals surface area contributed by atoms with Crippen molar-refractivity contribution < 1.29 is 17.9 Å². The normalized spacial score (nSPS) is 21.8. The van der Waals surface area contributed by atoms with E-state index in [1.54, 1.807) is 26.8 Å². The summed E-state index contributed by atoms with van der Waals surface area (Å²) in [6, 6.07) is 1.10. The standard InChI is InChI=1S/C17H28N2O4S2/c1-11-10-15(12(2)24-11)25(21,22)19-14-9-7-6-8-13(14)18-16(20)23-17(3,4)5/h10,13-14,19H,6-9H2,1-5H3,(H,18,20)/t13-,14+/m0/s1. The van der Waals surface area contributed by atoms with Gasteiger partial charge in [-0.15, -0.1) is 11.3 Å². The Balaban J connectivity index is 2.10. The molecule has 1 heterocycles. The average molecular weight is 389 g/mol. The predicted octanol–water partition coefficient (Wildman–Crippen LogP) is 3.48. The molecule has 6 nitrogen and oxygen atoms in total. The fourth-order valence-electron chi connectivity index (χ4n) is 3.04. The lowest BCUT2D eigenvalue weighted by atomic mass is 9.91. The number of thiophene rings is 1. The van der Waals surface area contributed by atoms with E-state index in [1.165, 1.54) is 11.3 Å². The van der Waals surface area contributed by atoms with Crippen molar-refractivity contribution >= 4 is 27.5 Å². The van der Waals surface area contributed by atoms with E-state index in [0.29, 0.717) is 11.3 Å². The molecule has 1 amide bonds. The van der Waals surface area contributed by atoms with E-state index in [2.05, 4.69) is 10.0 Å². The highest BCUT2D eigenvalue weighted by atomic mass is 32.2. The second-order valence-electron chi connectivity index (χ2n) is 7.54. The Morgan fingerprint density at radius 1 is 1.20 bits per heavy atom.